The number of sulfonamides is 1. The van der Waals surface area contributed by atoms with Crippen LogP contribution in [-0.4, -0.2) is 43.5 Å². The van der Waals surface area contributed by atoms with Gasteiger partial charge in [0, 0.05) is 5.56 Å². The molecular weight excluding hydrogens is 408 g/mol. The summed E-state index contributed by atoms with van der Waals surface area (Å²) in [7, 11) is -2.76. The Labute approximate surface area is 176 Å². The minimum absolute atomic E-state index is 0.0390. The van der Waals surface area contributed by atoms with E-state index in [2.05, 4.69) is 11.1 Å². The standard InChI is InChI=1S/C21H24N2O6S/c1-5-12-23(30(25,26)20-14(2)22-29-15(20)3)21(24)16-10-11-18(27-4)19(13-16)28-17-8-6-7-9-17/h1,10-11,13,17H,6-9,12H2,2-4H3. The molecule has 9 heteroatoms. The highest BCUT2D eigenvalue weighted by Crippen LogP contribution is 2.33. The Hall–Kier alpha value is -2.99. The predicted octanol–water partition coefficient (Wildman–Crippen LogP) is 3.09. The predicted molar refractivity (Wildman–Crippen MR) is 109 cm³/mol. The fourth-order valence-corrected chi connectivity index (χ4v) is 5.13. The smallest absolute Gasteiger partial charge is 0.273 e. The summed E-state index contributed by atoms with van der Waals surface area (Å²) >= 11 is 0. The molecule has 0 aliphatic heterocycles. The van der Waals surface area contributed by atoms with Crippen molar-refractivity contribution in [2.75, 3.05) is 13.7 Å². The van der Waals surface area contributed by atoms with Crippen molar-refractivity contribution in [1.29, 1.82) is 0 Å². The number of terminal acetylenes is 1. The zero-order valence-electron chi connectivity index (χ0n) is 17.2. The van der Waals surface area contributed by atoms with Gasteiger partial charge in [0.05, 0.1) is 19.8 Å². The molecule has 0 bridgehead atoms. The largest absolute Gasteiger partial charge is 0.493 e. The Bertz CT molecular complexity index is 1060. The molecule has 8 nitrogen and oxygen atoms in total. The van der Waals surface area contributed by atoms with Gasteiger partial charge in [-0.25, -0.2) is 12.7 Å². The molecule has 2 aromatic rings. The van der Waals surface area contributed by atoms with E-state index in [1.807, 2.05) is 0 Å². The lowest BCUT2D eigenvalue weighted by molar-refractivity contribution is 0.0872. The van der Waals surface area contributed by atoms with Crippen LogP contribution in [0.2, 0.25) is 0 Å². The van der Waals surface area contributed by atoms with Crippen LogP contribution in [0.1, 0.15) is 47.5 Å². The van der Waals surface area contributed by atoms with Crippen LogP contribution in [0, 0.1) is 26.2 Å². The van der Waals surface area contributed by atoms with Gasteiger partial charge in [-0.05, 0) is 57.7 Å². The molecule has 1 aliphatic rings. The molecule has 1 fully saturated rings. The molecule has 0 unspecified atom stereocenters. The Kier molecular flexibility index (Phi) is 6.37. The first-order valence-corrected chi connectivity index (χ1v) is 11.0. The topological polar surface area (TPSA) is 98.9 Å². The number of ether oxygens (including phenoxy) is 2. The number of aryl methyl sites for hydroxylation is 2. The molecule has 160 valence electrons. The highest BCUT2D eigenvalue weighted by Gasteiger charge is 2.35. The van der Waals surface area contributed by atoms with E-state index in [9.17, 15) is 13.2 Å². The van der Waals surface area contributed by atoms with E-state index in [0.29, 0.717) is 15.8 Å². The second kappa shape index (κ2) is 8.79. The van der Waals surface area contributed by atoms with E-state index in [0.717, 1.165) is 25.7 Å². The third kappa shape index (κ3) is 4.14. The maximum absolute atomic E-state index is 13.2. The van der Waals surface area contributed by atoms with Crippen molar-refractivity contribution in [3.8, 4) is 23.8 Å². The van der Waals surface area contributed by atoms with Gasteiger partial charge in [-0.1, -0.05) is 11.1 Å². The Morgan fingerprint density at radius 2 is 2.00 bits per heavy atom. The number of benzene rings is 1. The molecule has 3 rings (SSSR count). The zero-order valence-corrected chi connectivity index (χ0v) is 18.0. The molecule has 1 amide bonds. The first-order valence-electron chi connectivity index (χ1n) is 9.57. The van der Waals surface area contributed by atoms with E-state index in [4.69, 9.17) is 20.4 Å². The first kappa shape index (κ1) is 21.7. The van der Waals surface area contributed by atoms with Crippen LogP contribution in [-0.2, 0) is 10.0 Å². The molecule has 0 saturated heterocycles. The molecular formula is C21H24N2O6S. The summed E-state index contributed by atoms with van der Waals surface area (Å²) in [6.45, 7) is 2.52. The van der Waals surface area contributed by atoms with Crippen LogP contribution in [0.25, 0.3) is 0 Å². The summed E-state index contributed by atoms with van der Waals surface area (Å²) in [6, 6.07) is 4.55. The number of hydrogen-bond donors (Lipinski definition) is 0. The van der Waals surface area contributed by atoms with Gasteiger partial charge in [-0.3, -0.25) is 4.79 Å². The average molecular weight is 432 g/mol. The van der Waals surface area contributed by atoms with Gasteiger partial charge in [-0.15, -0.1) is 6.42 Å². The summed E-state index contributed by atoms with van der Waals surface area (Å²) in [5, 5.41) is 3.67. The molecule has 1 aromatic heterocycles. The molecule has 1 saturated carbocycles. The molecule has 30 heavy (non-hydrogen) atoms. The highest BCUT2D eigenvalue weighted by atomic mass is 32.2. The number of amides is 1. The van der Waals surface area contributed by atoms with Crippen molar-refractivity contribution in [2.24, 2.45) is 0 Å². The van der Waals surface area contributed by atoms with Crippen LogP contribution >= 0.6 is 0 Å². The summed E-state index contributed by atoms with van der Waals surface area (Å²) in [5.74, 6) is 2.42. The van der Waals surface area contributed by atoms with Crippen molar-refractivity contribution in [1.82, 2.24) is 9.46 Å². The van der Waals surface area contributed by atoms with E-state index in [-0.39, 0.29) is 28.0 Å². The lowest BCUT2D eigenvalue weighted by Gasteiger charge is -2.21. The maximum atomic E-state index is 13.2. The quantitative estimate of drug-likeness (QED) is 0.620. The van der Waals surface area contributed by atoms with Crippen molar-refractivity contribution in [3.63, 3.8) is 0 Å². The normalized spacial score (nSPS) is 14.3. The monoisotopic (exact) mass is 432 g/mol. The van der Waals surface area contributed by atoms with E-state index in [1.165, 1.54) is 33.1 Å². The third-order valence-corrected chi connectivity index (χ3v) is 6.96. The molecule has 1 heterocycles. The van der Waals surface area contributed by atoms with Crippen LogP contribution in [0.4, 0.5) is 0 Å². The number of carbonyl (C=O) groups excluding carboxylic acids is 1. The minimum atomic E-state index is -4.27. The number of carbonyl (C=O) groups is 1. The van der Waals surface area contributed by atoms with Gasteiger partial charge in [0.1, 0.15) is 5.69 Å². The summed E-state index contributed by atoms with van der Waals surface area (Å²) in [4.78, 5) is 13.0. The van der Waals surface area contributed by atoms with Crippen molar-refractivity contribution in [2.45, 2.75) is 50.5 Å². The lowest BCUT2D eigenvalue weighted by Crippen LogP contribution is -2.37. The van der Waals surface area contributed by atoms with E-state index in [1.54, 1.807) is 6.07 Å². The van der Waals surface area contributed by atoms with Crippen LogP contribution in [0.3, 0.4) is 0 Å². The Morgan fingerprint density at radius 1 is 1.30 bits per heavy atom. The molecule has 0 N–H and O–H groups in total. The van der Waals surface area contributed by atoms with Gasteiger partial charge in [0.15, 0.2) is 22.2 Å². The number of aromatic nitrogens is 1. The summed E-state index contributed by atoms with van der Waals surface area (Å²) in [5.41, 5.74) is 0.275. The molecule has 1 aromatic carbocycles. The van der Waals surface area contributed by atoms with Gasteiger partial charge >= 0.3 is 0 Å². The molecule has 0 atom stereocenters. The maximum Gasteiger partial charge on any atom is 0.273 e. The van der Waals surface area contributed by atoms with Gasteiger partial charge in [0.2, 0.25) is 0 Å². The Morgan fingerprint density at radius 3 is 2.57 bits per heavy atom. The van der Waals surface area contributed by atoms with Crippen molar-refractivity contribution >= 4 is 15.9 Å². The number of nitrogens with zero attached hydrogens (tertiary/aromatic N) is 2. The first-order chi connectivity index (χ1) is 14.3. The highest BCUT2D eigenvalue weighted by molar-refractivity contribution is 7.89. The molecule has 0 spiro atoms. The summed E-state index contributed by atoms with van der Waals surface area (Å²) in [6.07, 6.45) is 9.41. The fourth-order valence-electron chi connectivity index (χ4n) is 3.53. The van der Waals surface area contributed by atoms with Gasteiger partial charge < -0.3 is 14.0 Å². The number of hydrogen-bond acceptors (Lipinski definition) is 7. The zero-order chi connectivity index (χ0) is 21.9. The van der Waals surface area contributed by atoms with Crippen LogP contribution in [0.5, 0.6) is 11.5 Å². The molecule has 1 aliphatic carbocycles. The van der Waals surface area contributed by atoms with Crippen molar-refractivity contribution in [3.05, 3.63) is 35.2 Å². The second-order valence-electron chi connectivity index (χ2n) is 7.06. The Balaban J connectivity index is 1.99. The summed E-state index contributed by atoms with van der Waals surface area (Å²) < 4.78 is 43.3. The fraction of sp³-hybridized carbons (Fsp3) is 0.429. The number of methoxy groups -OCH3 is 1. The van der Waals surface area contributed by atoms with E-state index < -0.39 is 22.5 Å². The van der Waals surface area contributed by atoms with E-state index >= 15 is 0 Å². The van der Waals surface area contributed by atoms with Crippen LogP contribution < -0.4 is 9.47 Å². The van der Waals surface area contributed by atoms with Crippen molar-refractivity contribution < 1.29 is 27.2 Å². The van der Waals surface area contributed by atoms with Crippen LogP contribution in [0.15, 0.2) is 27.6 Å². The molecule has 0 radical (unpaired) electrons. The van der Waals surface area contributed by atoms with Gasteiger partial charge in [0.25, 0.3) is 15.9 Å². The lowest BCUT2D eigenvalue weighted by atomic mass is 10.2. The SMILES string of the molecule is C#CCN(C(=O)c1ccc(OC)c(OC2CCCC2)c1)S(=O)(=O)c1c(C)noc1C. The number of rotatable bonds is 7. The third-order valence-electron chi connectivity index (χ3n) is 4.98. The second-order valence-corrected chi connectivity index (χ2v) is 8.86. The van der Waals surface area contributed by atoms with Gasteiger partial charge in [-0.2, -0.15) is 0 Å². The minimum Gasteiger partial charge on any atom is -0.493 e. The average Bonchev–Trinajstić information content (AvgIpc) is 3.34.